The highest BCUT2D eigenvalue weighted by Crippen LogP contribution is 2.16. The van der Waals surface area contributed by atoms with Gasteiger partial charge in [0.2, 0.25) is 0 Å². The molecule has 0 bridgehead atoms. The second-order valence-corrected chi connectivity index (χ2v) is 3.44. The fraction of sp³-hybridized carbons (Fsp3) is 0.875. The number of nitrogens with one attached hydrogen (secondary N) is 1. The van der Waals surface area contributed by atoms with Gasteiger partial charge in [-0.2, -0.15) is 0 Å². The summed E-state index contributed by atoms with van der Waals surface area (Å²) in [5.74, 6) is 1.96. The second kappa shape index (κ2) is 2.81. The van der Waals surface area contributed by atoms with Crippen molar-refractivity contribution < 1.29 is 0 Å². The topological polar surface area (TPSA) is 27.6 Å². The van der Waals surface area contributed by atoms with Crippen molar-refractivity contribution in [2.75, 3.05) is 33.2 Å². The highest BCUT2D eigenvalue weighted by Gasteiger charge is 2.25. The molecule has 0 aromatic heterocycles. The molecule has 0 amide bonds. The van der Waals surface area contributed by atoms with Crippen LogP contribution in [-0.4, -0.2) is 44.0 Å². The van der Waals surface area contributed by atoms with Crippen LogP contribution in [0.1, 0.15) is 6.42 Å². The predicted molar refractivity (Wildman–Crippen MR) is 45.9 cm³/mol. The van der Waals surface area contributed by atoms with E-state index in [9.17, 15) is 0 Å². The monoisotopic (exact) mass is 153 g/mol. The van der Waals surface area contributed by atoms with E-state index in [1.165, 1.54) is 25.3 Å². The maximum atomic E-state index is 4.43. The van der Waals surface area contributed by atoms with Crippen molar-refractivity contribution in [1.82, 2.24) is 10.2 Å². The van der Waals surface area contributed by atoms with E-state index in [1.807, 2.05) is 0 Å². The van der Waals surface area contributed by atoms with Crippen LogP contribution in [0.3, 0.4) is 0 Å². The molecule has 2 aliphatic rings. The Balaban J connectivity index is 1.95. The van der Waals surface area contributed by atoms with Gasteiger partial charge in [0.1, 0.15) is 5.84 Å². The first kappa shape index (κ1) is 7.10. The number of rotatable bonds is 1. The third-order valence-corrected chi connectivity index (χ3v) is 2.48. The van der Waals surface area contributed by atoms with Crippen LogP contribution in [0.5, 0.6) is 0 Å². The van der Waals surface area contributed by atoms with Crippen molar-refractivity contribution in [3.63, 3.8) is 0 Å². The van der Waals surface area contributed by atoms with Gasteiger partial charge in [-0.05, 0) is 20.0 Å². The Morgan fingerprint density at radius 3 is 3.09 bits per heavy atom. The molecular weight excluding hydrogens is 138 g/mol. The molecule has 62 valence electrons. The Kier molecular flexibility index (Phi) is 1.82. The lowest BCUT2D eigenvalue weighted by Crippen LogP contribution is -2.28. The van der Waals surface area contributed by atoms with Crippen molar-refractivity contribution >= 4 is 5.84 Å². The average molecular weight is 153 g/mol. The summed E-state index contributed by atoms with van der Waals surface area (Å²) < 4.78 is 0. The van der Waals surface area contributed by atoms with Gasteiger partial charge in [-0.25, -0.2) is 0 Å². The Labute approximate surface area is 67.5 Å². The van der Waals surface area contributed by atoms with Crippen molar-refractivity contribution in [2.24, 2.45) is 10.9 Å². The molecular formula is C8H15N3. The van der Waals surface area contributed by atoms with E-state index in [4.69, 9.17) is 0 Å². The van der Waals surface area contributed by atoms with Crippen LogP contribution in [0.2, 0.25) is 0 Å². The minimum atomic E-state index is 0.697. The third-order valence-electron chi connectivity index (χ3n) is 2.48. The summed E-state index contributed by atoms with van der Waals surface area (Å²) in [7, 11) is 2.18. The van der Waals surface area contributed by atoms with Crippen LogP contribution < -0.4 is 5.32 Å². The van der Waals surface area contributed by atoms with E-state index in [0.717, 1.165) is 13.1 Å². The molecule has 3 heteroatoms. The Morgan fingerprint density at radius 2 is 2.55 bits per heavy atom. The standard InChI is InChI=1S/C8H15N3/c1-11-5-2-7(6-11)8-9-3-4-10-8/h7H,2-6H2,1H3,(H,9,10). The normalized spacial score (nSPS) is 32.1. The Bertz CT molecular complexity index is 176. The van der Waals surface area contributed by atoms with Gasteiger partial charge >= 0.3 is 0 Å². The van der Waals surface area contributed by atoms with E-state index in [1.54, 1.807) is 0 Å². The molecule has 0 radical (unpaired) electrons. The Hall–Kier alpha value is -0.570. The zero-order valence-corrected chi connectivity index (χ0v) is 7.01. The lowest BCUT2D eigenvalue weighted by atomic mass is 10.1. The van der Waals surface area contributed by atoms with Crippen LogP contribution >= 0.6 is 0 Å². The van der Waals surface area contributed by atoms with Crippen molar-refractivity contribution in [3.8, 4) is 0 Å². The number of nitrogens with zero attached hydrogens (tertiary/aromatic N) is 2. The lowest BCUT2D eigenvalue weighted by molar-refractivity contribution is 0.410. The lowest BCUT2D eigenvalue weighted by Gasteiger charge is -2.10. The molecule has 0 aliphatic carbocycles. The maximum absolute atomic E-state index is 4.43. The molecule has 0 spiro atoms. The molecule has 2 rings (SSSR count). The van der Waals surface area contributed by atoms with Gasteiger partial charge in [0, 0.05) is 19.0 Å². The van der Waals surface area contributed by atoms with Gasteiger partial charge < -0.3 is 10.2 Å². The number of likely N-dealkylation sites (tertiary alicyclic amines) is 1. The molecule has 0 saturated carbocycles. The summed E-state index contributed by atoms with van der Waals surface area (Å²) in [5.41, 5.74) is 0. The zero-order valence-electron chi connectivity index (χ0n) is 7.01. The van der Waals surface area contributed by atoms with E-state index in [0.29, 0.717) is 5.92 Å². The molecule has 0 aromatic rings. The first-order valence-electron chi connectivity index (χ1n) is 4.33. The quantitative estimate of drug-likeness (QED) is 0.571. The average Bonchev–Trinajstić information content (AvgIpc) is 2.55. The predicted octanol–water partition coefficient (Wildman–Crippen LogP) is -0.0602. The van der Waals surface area contributed by atoms with Gasteiger partial charge in [-0.3, -0.25) is 4.99 Å². The first-order valence-corrected chi connectivity index (χ1v) is 4.33. The molecule has 1 N–H and O–H groups in total. The molecule has 11 heavy (non-hydrogen) atoms. The van der Waals surface area contributed by atoms with Crippen molar-refractivity contribution in [1.29, 1.82) is 0 Å². The minimum Gasteiger partial charge on any atom is -0.372 e. The van der Waals surface area contributed by atoms with E-state index in [2.05, 4.69) is 22.3 Å². The van der Waals surface area contributed by atoms with E-state index in [-0.39, 0.29) is 0 Å². The fourth-order valence-electron chi connectivity index (χ4n) is 1.85. The molecule has 1 saturated heterocycles. The summed E-state index contributed by atoms with van der Waals surface area (Å²) >= 11 is 0. The number of hydrogen-bond acceptors (Lipinski definition) is 3. The maximum Gasteiger partial charge on any atom is 0.101 e. The van der Waals surface area contributed by atoms with E-state index >= 15 is 0 Å². The summed E-state index contributed by atoms with van der Waals surface area (Å²) in [4.78, 5) is 6.80. The van der Waals surface area contributed by atoms with Crippen LogP contribution in [0.15, 0.2) is 4.99 Å². The summed E-state index contributed by atoms with van der Waals surface area (Å²) in [6.07, 6.45) is 1.28. The fourth-order valence-corrected chi connectivity index (χ4v) is 1.85. The molecule has 3 nitrogen and oxygen atoms in total. The highest BCUT2D eigenvalue weighted by atomic mass is 15.1. The molecule has 2 aliphatic heterocycles. The summed E-state index contributed by atoms with van der Waals surface area (Å²) in [6, 6.07) is 0. The van der Waals surface area contributed by atoms with Gasteiger partial charge in [0.15, 0.2) is 0 Å². The molecule has 1 atom stereocenters. The molecule has 1 fully saturated rings. The van der Waals surface area contributed by atoms with Crippen molar-refractivity contribution in [3.05, 3.63) is 0 Å². The van der Waals surface area contributed by atoms with Crippen molar-refractivity contribution in [2.45, 2.75) is 6.42 Å². The van der Waals surface area contributed by atoms with Crippen LogP contribution in [0.25, 0.3) is 0 Å². The zero-order chi connectivity index (χ0) is 7.68. The van der Waals surface area contributed by atoms with Crippen LogP contribution in [-0.2, 0) is 0 Å². The minimum absolute atomic E-state index is 0.697. The van der Waals surface area contributed by atoms with Crippen LogP contribution in [0.4, 0.5) is 0 Å². The van der Waals surface area contributed by atoms with Gasteiger partial charge in [0.05, 0.1) is 6.54 Å². The van der Waals surface area contributed by atoms with E-state index < -0.39 is 0 Å². The number of amidine groups is 1. The van der Waals surface area contributed by atoms with Gasteiger partial charge in [-0.1, -0.05) is 0 Å². The summed E-state index contributed by atoms with van der Waals surface area (Å²) in [6.45, 7) is 4.45. The highest BCUT2D eigenvalue weighted by molar-refractivity contribution is 5.86. The largest absolute Gasteiger partial charge is 0.372 e. The molecule has 2 heterocycles. The first-order chi connectivity index (χ1) is 5.36. The molecule has 1 unspecified atom stereocenters. The van der Waals surface area contributed by atoms with Gasteiger partial charge in [-0.15, -0.1) is 0 Å². The summed E-state index contributed by atoms with van der Waals surface area (Å²) in [5, 5.41) is 3.34. The van der Waals surface area contributed by atoms with Gasteiger partial charge in [0.25, 0.3) is 0 Å². The number of aliphatic imine (C=N–C) groups is 1. The third kappa shape index (κ3) is 1.38. The Morgan fingerprint density at radius 1 is 1.64 bits per heavy atom. The SMILES string of the molecule is CN1CCC(C2=NCCN2)C1. The molecule has 0 aromatic carbocycles. The number of hydrogen-bond donors (Lipinski definition) is 1. The second-order valence-electron chi connectivity index (χ2n) is 3.44. The smallest absolute Gasteiger partial charge is 0.101 e. The van der Waals surface area contributed by atoms with Crippen LogP contribution in [0, 0.1) is 5.92 Å².